The third-order valence-corrected chi connectivity index (χ3v) is 6.47. The molecule has 1 heterocycles. The Morgan fingerprint density at radius 2 is 1.78 bits per heavy atom. The summed E-state index contributed by atoms with van der Waals surface area (Å²) in [5.74, 6) is -0.968. The second-order valence-electron chi connectivity index (χ2n) is 9.28. The second kappa shape index (κ2) is 9.70. The van der Waals surface area contributed by atoms with Crippen molar-refractivity contribution >= 4 is 23.4 Å². The molecule has 2 fully saturated rings. The molecule has 0 bridgehead atoms. The van der Waals surface area contributed by atoms with Gasteiger partial charge in [-0.15, -0.1) is 5.10 Å². The van der Waals surface area contributed by atoms with Crippen LogP contribution < -0.4 is 16.3 Å². The van der Waals surface area contributed by atoms with Gasteiger partial charge in [0, 0.05) is 22.7 Å². The first-order valence-electron chi connectivity index (χ1n) is 11.8. The summed E-state index contributed by atoms with van der Waals surface area (Å²) in [7, 11) is 0. The molecule has 2 aliphatic carbocycles. The number of carbonyl (C=O) groups is 2. The lowest BCUT2D eigenvalue weighted by atomic mass is 10.0. The van der Waals surface area contributed by atoms with Gasteiger partial charge in [0.1, 0.15) is 12.6 Å². The number of benzene rings is 2. The van der Waals surface area contributed by atoms with E-state index in [0.29, 0.717) is 16.4 Å². The number of hydrogen-bond donors (Lipinski definition) is 2. The third kappa shape index (κ3) is 5.71. The minimum atomic E-state index is -4.61. The van der Waals surface area contributed by atoms with Crippen LogP contribution in [0.15, 0.2) is 53.3 Å². The van der Waals surface area contributed by atoms with Crippen LogP contribution in [0.2, 0.25) is 5.02 Å². The Hall–Kier alpha value is -3.60. The number of nitrogens with zero attached hydrogens (tertiary/aromatic N) is 3. The van der Waals surface area contributed by atoms with Crippen molar-refractivity contribution in [3.8, 4) is 11.4 Å². The number of aromatic nitrogens is 3. The predicted molar refractivity (Wildman–Crippen MR) is 129 cm³/mol. The Kier molecular flexibility index (Phi) is 6.57. The molecule has 1 unspecified atom stereocenters. The molecule has 2 aromatic carbocycles. The SMILES string of the molecule is O=C(Cn1nc(-c2ccc(Cl)cc2)n(C2CC2)c1=O)NC(C(=O)NC1CC1)c1cccc(C(F)(F)F)c1. The molecule has 0 aliphatic heterocycles. The van der Waals surface area contributed by atoms with Gasteiger partial charge < -0.3 is 10.6 Å². The second-order valence-corrected chi connectivity index (χ2v) is 9.71. The molecule has 194 valence electrons. The van der Waals surface area contributed by atoms with Gasteiger partial charge >= 0.3 is 11.9 Å². The normalized spacial score (nSPS) is 16.3. The first kappa shape index (κ1) is 25.1. The highest BCUT2D eigenvalue weighted by atomic mass is 35.5. The fourth-order valence-electron chi connectivity index (χ4n) is 4.03. The van der Waals surface area contributed by atoms with Crippen LogP contribution in [0.3, 0.4) is 0 Å². The van der Waals surface area contributed by atoms with Crippen molar-refractivity contribution in [1.82, 2.24) is 25.0 Å². The molecule has 2 aliphatic rings. The summed E-state index contributed by atoms with van der Waals surface area (Å²) in [6, 6.07) is 9.57. The van der Waals surface area contributed by atoms with Crippen molar-refractivity contribution in [2.45, 2.75) is 56.5 Å². The fraction of sp³-hybridized carbons (Fsp3) is 0.360. The molecular formula is C25H23ClF3N5O3. The molecule has 37 heavy (non-hydrogen) atoms. The summed E-state index contributed by atoms with van der Waals surface area (Å²) in [6.45, 7) is -0.509. The standard InChI is InChI=1S/C25H23ClF3N5O3/c26-17-6-4-14(5-7-17)22-32-33(24(37)34(22)19-10-11-19)13-20(35)31-21(23(36)30-18-8-9-18)15-2-1-3-16(12-15)25(27,28)29/h1-7,12,18-19,21H,8-11,13H2,(H,30,36)(H,31,35). The van der Waals surface area contributed by atoms with E-state index in [0.717, 1.165) is 42.5 Å². The Labute approximate surface area is 214 Å². The lowest BCUT2D eigenvalue weighted by molar-refractivity contribution is -0.137. The molecule has 2 amide bonds. The number of alkyl halides is 3. The van der Waals surface area contributed by atoms with Gasteiger partial charge in [0.15, 0.2) is 5.82 Å². The Balaban J connectivity index is 1.41. The van der Waals surface area contributed by atoms with Crippen molar-refractivity contribution in [3.05, 3.63) is 75.2 Å². The minimum Gasteiger partial charge on any atom is -0.351 e. The van der Waals surface area contributed by atoms with E-state index in [-0.39, 0.29) is 17.6 Å². The molecule has 12 heteroatoms. The summed E-state index contributed by atoms with van der Waals surface area (Å²) in [5, 5.41) is 10.1. The summed E-state index contributed by atoms with van der Waals surface area (Å²) in [6.07, 6.45) is -1.49. The van der Waals surface area contributed by atoms with E-state index >= 15 is 0 Å². The Morgan fingerprint density at radius 3 is 2.41 bits per heavy atom. The summed E-state index contributed by atoms with van der Waals surface area (Å²) in [4.78, 5) is 39.0. The highest BCUT2D eigenvalue weighted by Gasteiger charge is 2.34. The first-order chi connectivity index (χ1) is 17.6. The van der Waals surface area contributed by atoms with Crippen LogP contribution in [0, 0.1) is 0 Å². The maximum Gasteiger partial charge on any atom is 0.416 e. The van der Waals surface area contributed by atoms with Crippen LogP contribution in [0.25, 0.3) is 11.4 Å². The molecule has 0 saturated heterocycles. The zero-order valence-electron chi connectivity index (χ0n) is 19.5. The molecule has 2 N–H and O–H groups in total. The molecule has 3 aromatic rings. The molecule has 1 atom stereocenters. The maximum atomic E-state index is 13.3. The van der Waals surface area contributed by atoms with Gasteiger partial charge in [-0.1, -0.05) is 23.7 Å². The van der Waals surface area contributed by atoms with Crippen LogP contribution in [-0.4, -0.2) is 32.2 Å². The average molecular weight is 534 g/mol. The van der Waals surface area contributed by atoms with Crippen LogP contribution in [0.4, 0.5) is 13.2 Å². The van der Waals surface area contributed by atoms with E-state index in [1.54, 1.807) is 24.3 Å². The highest BCUT2D eigenvalue weighted by molar-refractivity contribution is 6.30. The molecule has 0 radical (unpaired) electrons. The number of amides is 2. The van der Waals surface area contributed by atoms with Crippen molar-refractivity contribution in [3.63, 3.8) is 0 Å². The van der Waals surface area contributed by atoms with E-state index < -0.39 is 41.8 Å². The van der Waals surface area contributed by atoms with Gasteiger partial charge in [0.2, 0.25) is 11.8 Å². The summed E-state index contributed by atoms with van der Waals surface area (Å²) in [5.41, 5.74) is -0.784. The molecule has 5 rings (SSSR count). The Bertz CT molecular complexity index is 1390. The summed E-state index contributed by atoms with van der Waals surface area (Å²) >= 11 is 5.97. The number of rotatable bonds is 8. The van der Waals surface area contributed by atoms with Gasteiger partial charge in [0.05, 0.1) is 5.56 Å². The fourth-order valence-corrected chi connectivity index (χ4v) is 4.16. The van der Waals surface area contributed by atoms with Crippen LogP contribution in [-0.2, 0) is 22.3 Å². The van der Waals surface area contributed by atoms with Crippen LogP contribution in [0.1, 0.15) is 48.9 Å². The lowest BCUT2D eigenvalue weighted by Crippen LogP contribution is -2.43. The zero-order valence-corrected chi connectivity index (χ0v) is 20.2. The van der Waals surface area contributed by atoms with Crippen LogP contribution >= 0.6 is 11.6 Å². The van der Waals surface area contributed by atoms with Crippen molar-refractivity contribution < 1.29 is 22.8 Å². The molecule has 0 spiro atoms. The molecule has 2 saturated carbocycles. The minimum absolute atomic E-state index is 0.0148. The highest BCUT2D eigenvalue weighted by Crippen LogP contribution is 2.36. The Morgan fingerprint density at radius 1 is 1.08 bits per heavy atom. The first-order valence-corrected chi connectivity index (χ1v) is 12.2. The zero-order chi connectivity index (χ0) is 26.3. The van der Waals surface area contributed by atoms with Gasteiger partial charge in [-0.3, -0.25) is 14.2 Å². The predicted octanol–water partition coefficient (Wildman–Crippen LogP) is 3.86. The van der Waals surface area contributed by atoms with Crippen LogP contribution in [0.5, 0.6) is 0 Å². The molecule has 8 nitrogen and oxygen atoms in total. The summed E-state index contributed by atoms with van der Waals surface area (Å²) < 4.78 is 42.4. The van der Waals surface area contributed by atoms with E-state index in [1.807, 2.05) is 0 Å². The van der Waals surface area contributed by atoms with Crippen molar-refractivity contribution in [2.75, 3.05) is 0 Å². The van der Waals surface area contributed by atoms with Gasteiger partial charge in [-0.05, 0) is 67.6 Å². The maximum absolute atomic E-state index is 13.3. The van der Waals surface area contributed by atoms with Crippen molar-refractivity contribution in [1.29, 1.82) is 0 Å². The quantitative estimate of drug-likeness (QED) is 0.459. The van der Waals surface area contributed by atoms with Gasteiger partial charge in [0.25, 0.3) is 0 Å². The largest absolute Gasteiger partial charge is 0.416 e. The van der Waals surface area contributed by atoms with E-state index in [4.69, 9.17) is 11.6 Å². The van der Waals surface area contributed by atoms with Gasteiger partial charge in [-0.25, -0.2) is 9.48 Å². The average Bonchev–Trinajstić information content (AvgIpc) is 3.78. The van der Waals surface area contributed by atoms with E-state index in [2.05, 4.69) is 15.7 Å². The number of nitrogens with one attached hydrogen (secondary N) is 2. The van der Waals surface area contributed by atoms with E-state index in [1.165, 1.54) is 16.7 Å². The van der Waals surface area contributed by atoms with Crippen molar-refractivity contribution in [2.24, 2.45) is 0 Å². The number of halogens is 4. The number of hydrogen-bond acceptors (Lipinski definition) is 4. The smallest absolute Gasteiger partial charge is 0.351 e. The monoisotopic (exact) mass is 533 g/mol. The molecule has 1 aromatic heterocycles. The lowest BCUT2D eigenvalue weighted by Gasteiger charge is -2.20. The third-order valence-electron chi connectivity index (χ3n) is 6.22. The number of carbonyl (C=O) groups excluding carboxylic acids is 2. The van der Waals surface area contributed by atoms with E-state index in [9.17, 15) is 27.6 Å². The topological polar surface area (TPSA) is 98.0 Å². The molecular weight excluding hydrogens is 511 g/mol. The van der Waals surface area contributed by atoms with Gasteiger partial charge in [-0.2, -0.15) is 13.2 Å².